The smallest absolute Gasteiger partial charge is 0.0422 e. The highest BCUT2D eigenvalue weighted by Crippen LogP contribution is 2.41. The molecule has 0 aromatic heterocycles. The van der Waals surface area contributed by atoms with Gasteiger partial charge in [-0.25, -0.2) is 0 Å². The number of fused-ring (bicyclic) bond motifs is 1. The van der Waals surface area contributed by atoms with Gasteiger partial charge in [0, 0.05) is 12.0 Å². The highest BCUT2D eigenvalue weighted by atomic mass is 32.1. The van der Waals surface area contributed by atoms with E-state index in [1.54, 1.807) is 0 Å². The van der Waals surface area contributed by atoms with Gasteiger partial charge in [-0.3, -0.25) is 4.72 Å². The Kier molecular flexibility index (Phi) is 3.39. The fourth-order valence-electron chi connectivity index (χ4n) is 2.96. The molecule has 0 saturated heterocycles. The molecule has 2 atom stereocenters. The van der Waals surface area contributed by atoms with Crippen molar-refractivity contribution < 1.29 is 0 Å². The number of hydrogen-bond donors (Lipinski definition) is 2. The van der Waals surface area contributed by atoms with E-state index in [4.69, 9.17) is 0 Å². The second kappa shape index (κ2) is 5.17. The lowest BCUT2D eigenvalue weighted by atomic mass is 9.77. The summed E-state index contributed by atoms with van der Waals surface area (Å²) in [6.07, 6.45) is 2.32. The quantitative estimate of drug-likeness (QED) is 0.770. The summed E-state index contributed by atoms with van der Waals surface area (Å²) in [5.41, 5.74) is 4.26. The molecule has 1 N–H and O–H groups in total. The number of nitrogens with one attached hydrogen (secondary N) is 1. The van der Waals surface area contributed by atoms with E-state index in [-0.39, 0.29) is 0 Å². The lowest BCUT2D eigenvalue weighted by molar-refractivity contribution is 0.510. The highest BCUT2D eigenvalue weighted by molar-refractivity contribution is 7.78. The Bertz CT molecular complexity index is 524. The molecule has 0 amide bonds. The van der Waals surface area contributed by atoms with Crippen molar-refractivity contribution in [3.8, 4) is 0 Å². The van der Waals surface area contributed by atoms with E-state index in [1.165, 1.54) is 23.1 Å². The van der Waals surface area contributed by atoms with E-state index in [1.807, 2.05) is 0 Å². The minimum atomic E-state index is 0.379. The Balaban J connectivity index is 2.04. The van der Waals surface area contributed by atoms with Crippen LogP contribution in [0, 0.1) is 0 Å². The first kappa shape index (κ1) is 11.8. The van der Waals surface area contributed by atoms with Gasteiger partial charge in [-0.15, -0.1) is 0 Å². The number of rotatable bonds is 2. The van der Waals surface area contributed by atoms with Gasteiger partial charge in [0.1, 0.15) is 0 Å². The maximum Gasteiger partial charge on any atom is 0.0422 e. The highest BCUT2D eigenvalue weighted by Gasteiger charge is 2.26. The van der Waals surface area contributed by atoms with Crippen molar-refractivity contribution >= 4 is 12.8 Å². The molecule has 0 heterocycles. The van der Waals surface area contributed by atoms with Crippen molar-refractivity contribution in [1.29, 1.82) is 0 Å². The minimum absolute atomic E-state index is 0.379. The summed E-state index contributed by atoms with van der Waals surface area (Å²) < 4.78 is 3.13. The molecular weight excluding hydrogens is 238 g/mol. The second-order valence-electron chi connectivity index (χ2n) is 4.85. The van der Waals surface area contributed by atoms with Crippen LogP contribution in [0.4, 0.5) is 0 Å². The normalized spacial score (nSPS) is 22.5. The van der Waals surface area contributed by atoms with Crippen LogP contribution in [0.5, 0.6) is 0 Å². The molecule has 1 aliphatic rings. The maximum absolute atomic E-state index is 4.26. The fourth-order valence-corrected chi connectivity index (χ4v) is 3.22. The van der Waals surface area contributed by atoms with Crippen molar-refractivity contribution in [3.05, 3.63) is 71.3 Å². The van der Waals surface area contributed by atoms with Crippen molar-refractivity contribution in [2.75, 3.05) is 0 Å². The minimum Gasteiger partial charge on any atom is -0.259 e. The zero-order valence-corrected chi connectivity index (χ0v) is 11.1. The van der Waals surface area contributed by atoms with Gasteiger partial charge in [0.15, 0.2) is 0 Å². The molecule has 92 valence electrons. The molecule has 3 rings (SSSR count). The van der Waals surface area contributed by atoms with Crippen LogP contribution >= 0.6 is 12.8 Å². The molecule has 0 saturated carbocycles. The van der Waals surface area contributed by atoms with E-state index < -0.39 is 0 Å². The van der Waals surface area contributed by atoms with Gasteiger partial charge in [-0.1, -0.05) is 67.4 Å². The molecule has 0 fully saturated rings. The molecule has 0 radical (unpaired) electrons. The van der Waals surface area contributed by atoms with Crippen molar-refractivity contribution in [2.24, 2.45) is 0 Å². The van der Waals surface area contributed by atoms with Crippen LogP contribution in [0.3, 0.4) is 0 Å². The van der Waals surface area contributed by atoms with Crippen LogP contribution in [-0.4, -0.2) is 0 Å². The molecule has 1 aliphatic carbocycles. The average Bonchev–Trinajstić information content (AvgIpc) is 2.47. The summed E-state index contributed by atoms with van der Waals surface area (Å²) in [6.45, 7) is 0. The standard InChI is InChI=1S/C16H17NS/c18-17-16-11-10-13(12-6-2-1-3-7-12)14-8-4-5-9-15(14)16/h1-9,13,16-18H,10-11H2. The van der Waals surface area contributed by atoms with Gasteiger partial charge in [-0.05, 0) is 29.5 Å². The first-order valence-electron chi connectivity index (χ1n) is 6.43. The average molecular weight is 255 g/mol. The van der Waals surface area contributed by atoms with Crippen LogP contribution < -0.4 is 4.72 Å². The molecule has 2 heteroatoms. The SMILES string of the molecule is SNC1CCC(c2ccccc2)c2ccccc21. The molecule has 0 spiro atoms. The molecule has 1 nitrogen and oxygen atoms in total. The Labute approximate surface area is 114 Å². The van der Waals surface area contributed by atoms with Crippen molar-refractivity contribution in [2.45, 2.75) is 24.8 Å². The van der Waals surface area contributed by atoms with Crippen LogP contribution in [0.1, 0.15) is 41.5 Å². The summed E-state index contributed by atoms with van der Waals surface area (Å²) in [5, 5.41) is 0. The molecule has 18 heavy (non-hydrogen) atoms. The first-order chi connectivity index (χ1) is 8.90. The number of benzene rings is 2. The summed E-state index contributed by atoms with van der Waals surface area (Å²) in [5.74, 6) is 0.528. The van der Waals surface area contributed by atoms with Gasteiger partial charge in [0.2, 0.25) is 0 Å². The molecule has 0 bridgehead atoms. The fraction of sp³-hybridized carbons (Fsp3) is 0.250. The summed E-state index contributed by atoms with van der Waals surface area (Å²) in [7, 11) is 0. The van der Waals surface area contributed by atoms with Gasteiger partial charge in [0.25, 0.3) is 0 Å². The monoisotopic (exact) mass is 255 g/mol. The molecule has 0 aliphatic heterocycles. The van der Waals surface area contributed by atoms with Crippen LogP contribution in [0.2, 0.25) is 0 Å². The van der Waals surface area contributed by atoms with Gasteiger partial charge >= 0.3 is 0 Å². The Hall–Kier alpha value is -1.25. The Morgan fingerprint density at radius 1 is 0.833 bits per heavy atom. The summed E-state index contributed by atoms with van der Waals surface area (Å²) in [6, 6.07) is 19.9. The van der Waals surface area contributed by atoms with E-state index in [0.29, 0.717) is 12.0 Å². The Morgan fingerprint density at radius 2 is 1.50 bits per heavy atom. The van der Waals surface area contributed by atoms with Gasteiger partial charge in [0.05, 0.1) is 0 Å². The van der Waals surface area contributed by atoms with E-state index in [9.17, 15) is 0 Å². The van der Waals surface area contributed by atoms with Crippen molar-refractivity contribution in [3.63, 3.8) is 0 Å². The Morgan fingerprint density at radius 3 is 2.22 bits per heavy atom. The predicted octanol–water partition coefficient (Wildman–Crippen LogP) is 4.09. The van der Waals surface area contributed by atoms with Crippen LogP contribution in [-0.2, 0) is 0 Å². The third-order valence-electron chi connectivity index (χ3n) is 3.85. The number of thiol groups is 1. The lowest BCUT2D eigenvalue weighted by Gasteiger charge is -2.31. The maximum atomic E-state index is 4.26. The third-order valence-corrected chi connectivity index (χ3v) is 4.16. The molecular formula is C16H17NS. The largest absolute Gasteiger partial charge is 0.259 e. The number of hydrogen-bond acceptors (Lipinski definition) is 2. The van der Waals surface area contributed by atoms with Gasteiger partial charge in [-0.2, -0.15) is 0 Å². The van der Waals surface area contributed by atoms with Crippen LogP contribution in [0.15, 0.2) is 54.6 Å². The second-order valence-corrected chi connectivity index (χ2v) is 5.11. The topological polar surface area (TPSA) is 12.0 Å². The van der Waals surface area contributed by atoms with Gasteiger partial charge < -0.3 is 0 Å². The third kappa shape index (κ3) is 2.06. The van der Waals surface area contributed by atoms with Crippen molar-refractivity contribution in [1.82, 2.24) is 4.72 Å². The zero-order valence-electron chi connectivity index (χ0n) is 10.2. The summed E-state index contributed by atoms with van der Waals surface area (Å²) >= 11 is 4.26. The predicted molar refractivity (Wildman–Crippen MR) is 78.8 cm³/mol. The van der Waals surface area contributed by atoms with Crippen LogP contribution in [0.25, 0.3) is 0 Å². The van der Waals surface area contributed by atoms with E-state index in [0.717, 1.165) is 6.42 Å². The lowest BCUT2D eigenvalue weighted by Crippen LogP contribution is -2.21. The first-order valence-corrected chi connectivity index (χ1v) is 6.88. The molecule has 2 unspecified atom stereocenters. The molecule has 2 aromatic carbocycles. The molecule has 2 aromatic rings. The van der Waals surface area contributed by atoms with E-state index in [2.05, 4.69) is 72.1 Å². The van der Waals surface area contributed by atoms with E-state index >= 15 is 0 Å². The zero-order chi connectivity index (χ0) is 12.4. The summed E-state index contributed by atoms with van der Waals surface area (Å²) in [4.78, 5) is 0.